The number of aliphatic hydroxyl groups is 3. The van der Waals surface area contributed by atoms with Gasteiger partial charge in [0.2, 0.25) is 5.91 Å². The molecule has 3 unspecified atom stereocenters. The molecular formula is C50H93NO4. The first-order chi connectivity index (χ1) is 27.1. The van der Waals surface area contributed by atoms with Gasteiger partial charge in [0.25, 0.3) is 0 Å². The van der Waals surface area contributed by atoms with E-state index in [1.165, 1.54) is 173 Å². The smallest absolute Gasteiger partial charge is 0.249 e. The maximum Gasteiger partial charge on any atom is 0.249 e. The van der Waals surface area contributed by atoms with E-state index in [0.29, 0.717) is 6.42 Å². The lowest BCUT2D eigenvalue weighted by Crippen LogP contribution is -2.48. The number of aliphatic hydroxyl groups excluding tert-OH is 3. The largest absolute Gasteiger partial charge is 0.394 e. The Morgan fingerprint density at radius 3 is 1.11 bits per heavy atom. The highest BCUT2D eigenvalue weighted by Crippen LogP contribution is 2.15. The van der Waals surface area contributed by atoms with Crippen molar-refractivity contribution in [1.82, 2.24) is 5.32 Å². The number of hydrogen-bond acceptors (Lipinski definition) is 4. The number of unbranched alkanes of at least 4 members (excludes halogenated alkanes) is 29. The van der Waals surface area contributed by atoms with Crippen molar-refractivity contribution in [2.24, 2.45) is 0 Å². The van der Waals surface area contributed by atoms with Crippen LogP contribution < -0.4 is 5.32 Å². The lowest BCUT2D eigenvalue weighted by molar-refractivity contribution is -0.131. The van der Waals surface area contributed by atoms with E-state index in [2.05, 4.69) is 55.6 Å². The van der Waals surface area contributed by atoms with Gasteiger partial charge in [0.1, 0.15) is 6.10 Å². The average Bonchev–Trinajstić information content (AvgIpc) is 3.19. The topological polar surface area (TPSA) is 89.8 Å². The molecule has 0 aliphatic rings. The lowest BCUT2D eigenvalue weighted by atomic mass is 10.0. The van der Waals surface area contributed by atoms with Crippen molar-refractivity contribution in [3.63, 3.8) is 0 Å². The summed E-state index contributed by atoms with van der Waals surface area (Å²) in [6, 6.07) is -0.822. The van der Waals surface area contributed by atoms with Crippen molar-refractivity contribution in [2.75, 3.05) is 6.61 Å². The van der Waals surface area contributed by atoms with Crippen LogP contribution in [0.5, 0.6) is 0 Å². The number of rotatable bonds is 43. The first-order valence-electron chi connectivity index (χ1n) is 24.0. The third-order valence-electron chi connectivity index (χ3n) is 10.9. The summed E-state index contributed by atoms with van der Waals surface area (Å²) in [6.45, 7) is 4.16. The molecule has 0 rings (SSSR count). The van der Waals surface area contributed by atoms with Gasteiger partial charge in [0.05, 0.1) is 18.8 Å². The van der Waals surface area contributed by atoms with Crippen LogP contribution in [0.2, 0.25) is 0 Å². The maximum atomic E-state index is 12.5. The molecule has 0 fully saturated rings. The molecule has 0 aliphatic carbocycles. The fraction of sp³-hybridized carbons (Fsp3) is 0.820. The van der Waals surface area contributed by atoms with Crippen LogP contribution in [-0.2, 0) is 4.79 Å². The molecule has 4 N–H and O–H groups in total. The zero-order chi connectivity index (χ0) is 40.1. The van der Waals surface area contributed by atoms with Crippen LogP contribution in [0.4, 0.5) is 0 Å². The molecule has 0 spiro atoms. The van der Waals surface area contributed by atoms with Crippen molar-refractivity contribution in [3.8, 4) is 0 Å². The Bertz CT molecular complexity index is 896. The summed E-state index contributed by atoms with van der Waals surface area (Å²) in [6.07, 6.45) is 58.7. The fourth-order valence-corrected chi connectivity index (χ4v) is 7.09. The molecule has 5 heteroatoms. The predicted molar refractivity (Wildman–Crippen MR) is 241 cm³/mol. The van der Waals surface area contributed by atoms with Crippen molar-refractivity contribution >= 4 is 5.91 Å². The van der Waals surface area contributed by atoms with Crippen LogP contribution in [0.3, 0.4) is 0 Å². The molecule has 1 amide bonds. The Morgan fingerprint density at radius 1 is 0.436 bits per heavy atom. The highest BCUT2D eigenvalue weighted by Gasteiger charge is 2.22. The van der Waals surface area contributed by atoms with Crippen molar-refractivity contribution in [3.05, 3.63) is 48.6 Å². The molecule has 0 saturated carbocycles. The van der Waals surface area contributed by atoms with E-state index in [1.54, 1.807) is 6.08 Å². The third kappa shape index (κ3) is 40.3. The zero-order valence-electron chi connectivity index (χ0n) is 36.6. The van der Waals surface area contributed by atoms with Gasteiger partial charge in [-0.2, -0.15) is 0 Å². The minimum absolute atomic E-state index is 0.382. The molecule has 0 saturated heterocycles. The monoisotopic (exact) mass is 772 g/mol. The summed E-state index contributed by atoms with van der Waals surface area (Å²) in [5, 5.41) is 33.2. The van der Waals surface area contributed by atoms with Crippen molar-refractivity contribution < 1.29 is 20.1 Å². The minimum Gasteiger partial charge on any atom is -0.394 e. The van der Waals surface area contributed by atoms with Gasteiger partial charge in [-0.15, -0.1) is 0 Å². The second-order valence-electron chi connectivity index (χ2n) is 16.3. The highest BCUT2D eigenvalue weighted by atomic mass is 16.3. The average molecular weight is 772 g/mol. The first kappa shape index (κ1) is 53.3. The Balaban J connectivity index is 3.67. The van der Waals surface area contributed by atoms with Gasteiger partial charge < -0.3 is 20.6 Å². The summed E-state index contributed by atoms with van der Waals surface area (Å²) in [7, 11) is 0. The van der Waals surface area contributed by atoms with E-state index in [-0.39, 0.29) is 6.61 Å². The molecule has 0 aromatic rings. The van der Waals surface area contributed by atoms with Crippen molar-refractivity contribution in [1.29, 1.82) is 0 Å². The van der Waals surface area contributed by atoms with Gasteiger partial charge in [-0.25, -0.2) is 0 Å². The van der Waals surface area contributed by atoms with Crippen LogP contribution in [-0.4, -0.2) is 46.1 Å². The molecule has 0 aromatic carbocycles. The summed E-state index contributed by atoms with van der Waals surface area (Å²) in [4.78, 5) is 12.5. The lowest BCUT2D eigenvalue weighted by Gasteiger charge is -2.21. The van der Waals surface area contributed by atoms with E-state index in [0.717, 1.165) is 44.9 Å². The summed E-state index contributed by atoms with van der Waals surface area (Å²) < 4.78 is 0. The van der Waals surface area contributed by atoms with Crippen molar-refractivity contribution in [2.45, 2.75) is 257 Å². The summed E-state index contributed by atoms with van der Waals surface area (Å²) in [5.41, 5.74) is 0. The van der Waals surface area contributed by atoms with E-state index < -0.39 is 24.2 Å². The molecule has 0 bridgehead atoms. The minimum atomic E-state index is -1.11. The molecule has 5 nitrogen and oxygen atoms in total. The Hall–Kier alpha value is -1.69. The SMILES string of the molecule is CCCCCCCC/C=C/CC/C=C/CC/C=C/C(O)C(CO)NC(=O)C(O)CCCCCCCCCCC/C=C\CCCCCCCCCCCCCC. The molecule has 55 heavy (non-hydrogen) atoms. The van der Waals surface area contributed by atoms with Gasteiger partial charge in [-0.1, -0.05) is 217 Å². The van der Waals surface area contributed by atoms with Gasteiger partial charge in [-0.3, -0.25) is 4.79 Å². The zero-order valence-corrected chi connectivity index (χ0v) is 36.6. The second-order valence-corrected chi connectivity index (χ2v) is 16.3. The van der Waals surface area contributed by atoms with Crippen LogP contribution in [0, 0.1) is 0 Å². The van der Waals surface area contributed by atoms with Gasteiger partial charge in [-0.05, 0) is 70.6 Å². The van der Waals surface area contributed by atoms with Crippen LogP contribution in [0.1, 0.15) is 239 Å². The third-order valence-corrected chi connectivity index (χ3v) is 10.9. The summed E-state index contributed by atoms with van der Waals surface area (Å²) >= 11 is 0. The number of allylic oxidation sites excluding steroid dienone is 7. The molecule has 0 aromatic heterocycles. The predicted octanol–water partition coefficient (Wildman–Crippen LogP) is 14.1. The van der Waals surface area contributed by atoms with E-state index in [1.807, 2.05) is 6.08 Å². The second kappa shape index (κ2) is 45.0. The van der Waals surface area contributed by atoms with Gasteiger partial charge in [0, 0.05) is 0 Å². The van der Waals surface area contributed by atoms with Crippen LogP contribution in [0.25, 0.3) is 0 Å². The van der Waals surface area contributed by atoms with Gasteiger partial charge in [0.15, 0.2) is 0 Å². The molecule has 0 heterocycles. The Morgan fingerprint density at radius 2 is 0.745 bits per heavy atom. The van der Waals surface area contributed by atoms with E-state index >= 15 is 0 Å². The Labute approximate surface area is 342 Å². The maximum absolute atomic E-state index is 12.5. The molecule has 0 aliphatic heterocycles. The van der Waals surface area contributed by atoms with E-state index in [4.69, 9.17) is 0 Å². The molecular weight excluding hydrogens is 679 g/mol. The Kier molecular flexibility index (Phi) is 43.6. The number of carbonyl (C=O) groups is 1. The molecule has 322 valence electrons. The summed E-state index contributed by atoms with van der Waals surface area (Å²) in [5.74, 6) is -0.519. The fourth-order valence-electron chi connectivity index (χ4n) is 7.09. The number of carbonyl (C=O) groups excluding carboxylic acids is 1. The van der Waals surface area contributed by atoms with E-state index in [9.17, 15) is 20.1 Å². The van der Waals surface area contributed by atoms with Gasteiger partial charge >= 0.3 is 0 Å². The quantitative estimate of drug-likeness (QED) is 0.0367. The number of nitrogens with one attached hydrogen (secondary N) is 1. The number of hydrogen-bond donors (Lipinski definition) is 4. The van der Waals surface area contributed by atoms with Crippen LogP contribution in [0.15, 0.2) is 48.6 Å². The molecule has 3 atom stereocenters. The number of amides is 1. The highest BCUT2D eigenvalue weighted by molar-refractivity contribution is 5.80. The molecule has 0 radical (unpaired) electrons. The normalized spacial score (nSPS) is 13.9. The van der Waals surface area contributed by atoms with Crippen LogP contribution >= 0.6 is 0 Å². The standard InChI is InChI=1S/C50H93NO4/c1-3-5-7-9-11-13-15-17-19-21-22-23-24-25-26-27-28-29-31-33-35-37-39-41-43-45-49(54)50(55)51-47(46-52)48(53)44-42-40-38-36-34-32-30-20-18-16-14-12-10-8-6-4-2/h18,20,25-26,34,36,42,44,47-49,52-54H,3-17,19,21-24,27-33,35,37-41,43,45-46H2,1-2H3,(H,51,55)/b20-18+,26-25-,36-34+,44-42+. The first-order valence-corrected chi connectivity index (χ1v) is 24.0.